The Morgan fingerprint density at radius 2 is 2.32 bits per heavy atom. The minimum absolute atomic E-state index is 0.0138. The van der Waals surface area contributed by atoms with Gasteiger partial charge in [0.2, 0.25) is 11.8 Å². The molecule has 0 spiro atoms. The SMILES string of the molecule is CCCC(C)N1OC(N)=CC1c1ccc(OC)nc1. The second-order valence-corrected chi connectivity index (χ2v) is 4.74. The molecule has 104 valence electrons. The summed E-state index contributed by atoms with van der Waals surface area (Å²) in [6.45, 7) is 4.30. The summed E-state index contributed by atoms with van der Waals surface area (Å²) in [5.74, 6) is 1.05. The third kappa shape index (κ3) is 2.98. The summed E-state index contributed by atoms with van der Waals surface area (Å²) < 4.78 is 5.07. The molecule has 5 nitrogen and oxygen atoms in total. The zero-order chi connectivity index (χ0) is 13.8. The number of methoxy groups -OCH3 is 1. The predicted molar refractivity (Wildman–Crippen MR) is 73.1 cm³/mol. The van der Waals surface area contributed by atoms with Crippen molar-refractivity contribution in [3.05, 3.63) is 35.9 Å². The molecular formula is C14H21N3O2. The first-order valence-corrected chi connectivity index (χ1v) is 6.59. The van der Waals surface area contributed by atoms with Gasteiger partial charge in [0.1, 0.15) is 0 Å². The van der Waals surface area contributed by atoms with Crippen molar-refractivity contribution in [2.24, 2.45) is 5.73 Å². The second-order valence-electron chi connectivity index (χ2n) is 4.74. The van der Waals surface area contributed by atoms with Gasteiger partial charge in [-0.2, -0.15) is 0 Å². The number of hydrogen-bond acceptors (Lipinski definition) is 5. The molecule has 0 radical (unpaired) electrons. The van der Waals surface area contributed by atoms with Crippen LogP contribution in [0.2, 0.25) is 0 Å². The zero-order valence-electron chi connectivity index (χ0n) is 11.7. The Hall–Kier alpha value is -1.75. The van der Waals surface area contributed by atoms with Crippen molar-refractivity contribution in [3.8, 4) is 5.88 Å². The normalized spacial score (nSPS) is 20.8. The monoisotopic (exact) mass is 263 g/mol. The first kappa shape index (κ1) is 13.7. The smallest absolute Gasteiger partial charge is 0.212 e. The van der Waals surface area contributed by atoms with Gasteiger partial charge in [0.05, 0.1) is 13.2 Å². The van der Waals surface area contributed by atoms with Gasteiger partial charge in [-0.05, 0) is 18.9 Å². The molecule has 19 heavy (non-hydrogen) atoms. The topological polar surface area (TPSA) is 60.6 Å². The number of hydrogen-bond donors (Lipinski definition) is 1. The summed E-state index contributed by atoms with van der Waals surface area (Å²) in [5.41, 5.74) is 6.84. The van der Waals surface area contributed by atoms with Crippen molar-refractivity contribution in [3.63, 3.8) is 0 Å². The van der Waals surface area contributed by atoms with Crippen LogP contribution >= 0.6 is 0 Å². The molecule has 1 aromatic heterocycles. The molecule has 5 heteroatoms. The first-order valence-electron chi connectivity index (χ1n) is 6.59. The van der Waals surface area contributed by atoms with Crippen LogP contribution in [0, 0.1) is 0 Å². The number of nitrogens with zero attached hydrogens (tertiary/aromatic N) is 2. The Balaban J connectivity index is 2.19. The standard InChI is InChI=1S/C14H21N3O2/c1-4-5-10(2)17-12(8-13(15)19-17)11-6-7-14(18-3)16-9-11/h6-10,12H,4-5,15H2,1-3H3. The lowest BCUT2D eigenvalue weighted by Crippen LogP contribution is -2.32. The van der Waals surface area contributed by atoms with E-state index in [4.69, 9.17) is 15.3 Å². The molecule has 1 aromatic rings. The Kier molecular flexibility index (Phi) is 4.27. The predicted octanol–water partition coefficient (Wildman–Crippen LogP) is 2.37. The van der Waals surface area contributed by atoms with Crippen LogP contribution in [0.4, 0.5) is 0 Å². The summed E-state index contributed by atoms with van der Waals surface area (Å²) in [4.78, 5) is 9.84. The van der Waals surface area contributed by atoms with Crippen molar-refractivity contribution < 1.29 is 9.57 Å². The largest absolute Gasteiger partial charge is 0.481 e. The molecule has 0 aliphatic carbocycles. The molecule has 0 amide bonds. The molecule has 0 fully saturated rings. The van der Waals surface area contributed by atoms with Gasteiger partial charge in [-0.15, -0.1) is 5.06 Å². The third-order valence-corrected chi connectivity index (χ3v) is 3.26. The highest BCUT2D eigenvalue weighted by Crippen LogP contribution is 2.32. The number of pyridine rings is 1. The van der Waals surface area contributed by atoms with Crippen LogP contribution in [0.5, 0.6) is 5.88 Å². The third-order valence-electron chi connectivity index (χ3n) is 3.26. The van der Waals surface area contributed by atoms with Crippen LogP contribution in [-0.2, 0) is 4.84 Å². The molecule has 0 aromatic carbocycles. The number of ether oxygens (including phenoxy) is 1. The number of nitrogens with two attached hydrogens (primary N) is 1. The fourth-order valence-electron chi connectivity index (χ4n) is 2.28. The molecule has 0 saturated carbocycles. The fraction of sp³-hybridized carbons (Fsp3) is 0.500. The van der Waals surface area contributed by atoms with Gasteiger partial charge in [0.15, 0.2) is 0 Å². The molecule has 2 unspecified atom stereocenters. The molecule has 0 saturated heterocycles. The summed E-state index contributed by atoms with van der Waals surface area (Å²) in [7, 11) is 1.61. The molecule has 1 aliphatic heterocycles. The van der Waals surface area contributed by atoms with Crippen LogP contribution in [-0.4, -0.2) is 23.2 Å². The van der Waals surface area contributed by atoms with Crippen molar-refractivity contribution in [2.45, 2.75) is 38.8 Å². The summed E-state index contributed by atoms with van der Waals surface area (Å²) in [6.07, 6.45) is 5.87. The van der Waals surface area contributed by atoms with Crippen LogP contribution in [0.25, 0.3) is 0 Å². The summed E-state index contributed by atoms with van der Waals surface area (Å²) in [5, 5.41) is 1.93. The first-order chi connectivity index (χ1) is 9.15. The molecule has 2 N–H and O–H groups in total. The fourth-order valence-corrected chi connectivity index (χ4v) is 2.28. The zero-order valence-corrected chi connectivity index (χ0v) is 11.7. The Bertz CT molecular complexity index is 445. The van der Waals surface area contributed by atoms with Crippen molar-refractivity contribution in [1.82, 2.24) is 10.0 Å². The lowest BCUT2D eigenvalue weighted by molar-refractivity contribution is -0.149. The van der Waals surface area contributed by atoms with Gasteiger partial charge in [0, 0.05) is 24.4 Å². The minimum atomic E-state index is 0.0138. The van der Waals surface area contributed by atoms with Crippen LogP contribution in [0.1, 0.15) is 38.3 Å². The highest BCUT2D eigenvalue weighted by atomic mass is 16.7. The van der Waals surface area contributed by atoms with E-state index in [-0.39, 0.29) is 6.04 Å². The molecule has 2 atom stereocenters. The van der Waals surface area contributed by atoms with Gasteiger partial charge in [-0.3, -0.25) is 0 Å². The maximum atomic E-state index is 5.80. The second kappa shape index (κ2) is 5.93. The van der Waals surface area contributed by atoms with E-state index in [1.54, 1.807) is 13.3 Å². The minimum Gasteiger partial charge on any atom is -0.481 e. The van der Waals surface area contributed by atoms with Gasteiger partial charge < -0.3 is 15.3 Å². The molecule has 2 rings (SSSR count). The van der Waals surface area contributed by atoms with Crippen molar-refractivity contribution in [1.29, 1.82) is 0 Å². The van der Waals surface area contributed by atoms with E-state index in [1.807, 2.05) is 23.3 Å². The van der Waals surface area contributed by atoms with Gasteiger partial charge in [-0.25, -0.2) is 4.98 Å². The van der Waals surface area contributed by atoms with E-state index >= 15 is 0 Å². The van der Waals surface area contributed by atoms with Crippen LogP contribution < -0.4 is 10.5 Å². The molecule has 2 heterocycles. The van der Waals surface area contributed by atoms with E-state index < -0.39 is 0 Å². The average molecular weight is 263 g/mol. The van der Waals surface area contributed by atoms with Crippen molar-refractivity contribution >= 4 is 0 Å². The van der Waals surface area contributed by atoms with E-state index in [0.717, 1.165) is 18.4 Å². The molecule has 1 aliphatic rings. The maximum Gasteiger partial charge on any atom is 0.212 e. The Labute approximate surface area is 114 Å². The lowest BCUT2D eigenvalue weighted by Gasteiger charge is -2.28. The molecular weight excluding hydrogens is 242 g/mol. The Morgan fingerprint density at radius 3 is 2.89 bits per heavy atom. The van der Waals surface area contributed by atoms with Crippen LogP contribution in [0.15, 0.2) is 30.3 Å². The number of hydroxylamine groups is 2. The van der Waals surface area contributed by atoms with E-state index in [2.05, 4.69) is 18.8 Å². The lowest BCUT2D eigenvalue weighted by atomic mass is 10.1. The Morgan fingerprint density at radius 1 is 1.53 bits per heavy atom. The van der Waals surface area contributed by atoms with Crippen LogP contribution in [0.3, 0.4) is 0 Å². The highest BCUT2D eigenvalue weighted by Gasteiger charge is 2.31. The highest BCUT2D eigenvalue weighted by molar-refractivity contribution is 5.25. The van der Waals surface area contributed by atoms with Gasteiger partial charge >= 0.3 is 0 Å². The summed E-state index contributed by atoms with van der Waals surface area (Å²) >= 11 is 0. The summed E-state index contributed by atoms with van der Waals surface area (Å²) in [6, 6.07) is 4.15. The van der Waals surface area contributed by atoms with Gasteiger partial charge in [0.25, 0.3) is 0 Å². The van der Waals surface area contributed by atoms with E-state index in [0.29, 0.717) is 17.8 Å². The number of aromatic nitrogens is 1. The maximum absolute atomic E-state index is 5.80. The number of rotatable bonds is 5. The average Bonchev–Trinajstić information content (AvgIpc) is 2.81. The molecule has 0 bridgehead atoms. The quantitative estimate of drug-likeness (QED) is 0.883. The van der Waals surface area contributed by atoms with Crippen molar-refractivity contribution in [2.75, 3.05) is 7.11 Å². The van der Waals surface area contributed by atoms with Gasteiger partial charge in [-0.1, -0.05) is 19.4 Å². The van der Waals surface area contributed by atoms with E-state index in [9.17, 15) is 0 Å². The van der Waals surface area contributed by atoms with E-state index in [1.165, 1.54) is 0 Å².